The van der Waals surface area contributed by atoms with Gasteiger partial charge in [0, 0.05) is 18.7 Å². The zero-order chi connectivity index (χ0) is 15.2. The van der Waals surface area contributed by atoms with Crippen molar-refractivity contribution in [3.05, 3.63) is 54.1 Å². The van der Waals surface area contributed by atoms with Crippen molar-refractivity contribution in [1.29, 1.82) is 0 Å². The van der Waals surface area contributed by atoms with Crippen LogP contribution in [0, 0.1) is 0 Å². The van der Waals surface area contributed by atoms with Crippen LogP contribution in [0.3, 0.4) is 0 Å². The Labute approximate surface area is 121 Å². The molecule has 0 atom stereocenters. The zero-order valence-electron chi connectivity index (χ0n) is 11.5. The molecule has 2 rings (SSSR count). The molecule has 21 heavy (non-hydrogen) atoms. The fourth-order valence-corrected chi connectivity index (χ4v) is 1.91. The number of carboxylic acids is 1. The smallest absolute Gasteiger partial charge is 0.328 e. The number of carbonyl (C=O) groups excluding carboxylic acids is 1. The molecule has 5 heteroatoms. The van der Waals surface area contributed by atoms with E-state index in [1.807, 2.05) is 36.4 Å². The maximum Gasteiger partial charge on any atom is 0.328 e. The molecule has 108 valence electrons. The van der Waals surface area contributed by atoms with Crippen molar-refractivity contribution in [2.75, 3.05) is 7.11 Å². The van der Waals surface area contributed by atoms with Crippen LogP contribution in [-0.4, -0.2) is 24.1 Å². The number of carbonyl (C=O) groups is 2. The Bertz CT molecular complexity index is 706. The van der Waals surface area contributed by atoms with Crippen LogP contribution in [0.5, 0.6) is 5.75 Å². The van der Waals surface area contributed by atoms with Crippen LogP contribution >= 0.6 is 0 Å². The molecule has 0 spiro atoms. The number of nitrogens with one attached hydrogen (secondary N) is 1. The summed E-state index contributed by atoms with van der Waals surface area (Å²) in [5, 5.41) is 13.2. The molecule has 0 radical (unpaired) electrons. The van der Waals surface area contributed by atoms with Gasteiger partial charge in [0.1, 0.15) is 5.75 Å². The number of benzene rings is 2. The molecule has 2 aromatic rings. The number of ether oxygens (including phenoxy) is 1. The summed E-state index contributed by atoms with van der Waals surface area (Å²) in [4.78, 5) is 21.7. The van der Waals surface area contributed by atoms with Gasteiger partial charge >= 0.3 is 5.97 Å². The normalized spacial score (nSPS) is 10.7. The van der Waals surface area contributed by atoms with Gasteiger partial charge in [0.15, 0.2) is 0 Å². The molecule has 0 heterocycles. The van der Waals surface area contributed by atoms with Gasteiger partial charge in [0.25, 0.3) is 0 Å². The number of hydrogen-bond acceptors (Lipinski definition) is 3. The van der Waals surface area contributed by atoms with Gasteiger partial charge in [-0.25, -0.2) is 4.79 Å². The van der Waals surface area contributed by atoms with Gasteiger partial charge in [0.2, 0.25) is 5.91 Å². The molecule has 0 unspecified atom stereocenters. The number of methoxy groups -OCH3 is 1. The third kappa shape index (κ3) is 4.07. The first kappa shape index (κ1) is 14.6. The number of hydrogen-bond donors (Lipinski definition) is 2. The van der Waals surface area contributed by atoms with Crippen LogP contribution in [-0.2, 0) is 16.1 Å². The molecule has 0 aromatic heterocycles. The average molecular weight is 285 g/mol. The molecule has 0 aliphatic carbocycles. The Hall–Kier alpha value is -2.82. The number of rotatable bonds is 5. The Balaban J connectivity index is 2.06. The minimum Gasteiger partial charge on any atom is -0.497 e. The summed E-state index contributed by atoms with van der Waals surface area (Å²) in [5.74, 6) is -0.792. The lowest BCUT2D eigenvalue weighted by atomic mass is 10.1. The van der Waals surface area contributed by atoms with Crippen molar-refractivity contribution in [2.45, 2.75) is 6.54 Å². The number of fused-ring (bicyclic) bond motifs is 1. The van der Waals surface area contributed by atoms with Crippen molar-refractivity contribution in [3.8, 4) is 5.75 Å². The summed E-state index contributed by atoms with van der Waals surface area (Å²) in [5.41, 5.74) is 0.935. The lowest BCUT2D eigenvalue weighted by molar-refractivity contribution is -0.131. The SMILES string of the molecule is COc1ccc2cc(CNC(=O)/C=C/C(=O)O)ccc2c1. The maximum absolute atomic E-state index is 11.4. The summed E-state index contributed by atoms with van der Waals surface area (Å²) < 4.78 is 5.17. The van der Waals surface area contributed by atoms with E-state index in [4.69, 9.17) is 9.84 Å². The number of carboxylic acid groups (broad SMARTS) is 1. The van der Waals surface area contributed by atoms with Gasteiger partial charge < -0.3 is 15.2 Å². The Kier molecular flexibility index (Phi) is 4.56. The molecular weight excluding hydrogens is 270 g/mol. The minimum atomic E-state index is -1.15. The lowest BCUT2D eigenvalue weighted by Gasteiger charge is -2.06. The van der Waals surface area contributed by atoms with E-state index in [1.54, 1.807) is 7.11 Å². The van der Waals surface area contributed by atoms with Crippen LogP contribution in [0.25, 0.3) is 10.8 Å². The van der Waals surface area contributed by atoms with E-state index in [1.165, 1.54) is 0 Å². The Morgan fingerprint density at radius 3 is 2.57 bits per heavy atom. The first-order valence-corrected chi connectivity index (χ1v) is 6.34. The van der Waals surface area contributed by atoms with Crippen LogP contribution in [0.2, 0.25) is 0 Å². The average Bonchev–Trinajstić information content (AvgIpc) is 2.50. The van der Waals surface area contributed by atoms with Gasteiger partial charge in [-0.05, 0) is 34.5 Å². The second-order valence-corrected chi connectivity index (χ2v) is 4.44. The van der Waals surface area contributed by atoms with Crippen LogP contribution < -0.4 is 10.1 Å². The van der Waals surface area contributed by atoms with E-state index in [0.29, 0.717) is 6.54 Å². The van der Waals surface area contributed by atoms with E-state index in [-0.39, 0.29) is 0 Å². The molecule has 0 bridgehead atoms. The van der Waals surface area contributed by atoms with Gasteiger partial charge in [-0.15, -0.1) is 0 Å². The summed E-state index contributed by atoms with van der Waals surface area (Å²) >= 11 is 0. The fraction of sp³-hybridized carbons (Fsp3) is 0.125. The number of amides is 1. The van der Waals surface area contributed by atoms with E-state index in [2.05, 4.69) is 5.32 Å². The molecule has 0 saturated carbocycles. The zero-order valence-corrected chi connectivity index (χ0v) is 11.5. The highest BCUT2D eigenvalue weighted by Crippen LogP contribution is 2.21. The standard InChI is InChI=1S/C16H15NO4/c1-21-14-5-4-12-8-11(2-3-13(12)9-14)10-17-15(18)6-7-16(19)20/h2-9H,10H2,1H3,(H,17,18)(H,19,20)/b7-6+. The molecule has 0 aliphatic heterocycles. The largest absolute Gasteiger partial charge is 0.497 e. The van der Waals surface area contributed by atoms with Gasteiger partial charge in [-0.3, -0.25) is 4.79 Å². The van der Waals surface area contributed by atoms with Crippen LogP contribution in [0.1, 0.15) is 5.56 Å². The highest BCUT2D eigenvalue weighted by Gasteiger charge is 2.01. The summed E-state index contributed by atoms with van der Waals surface area (Å²) in [6.07, 6.45) is 1.80. The molecule has 0 fully saturated rings. The number of aliphatic carboxylic acids is 1. The second kappa shape index (κ2) is 6.56. The van der Waals surface area contributed by atoms with Gasteiger partial charge in [-0.2, -0.15) is 0 Å². The third-order valence-electron chi connectivity index (χ3n) is 2.96. The first-order chi connectivity index (χ1) is 10.1. The van der Waals surface area contributed by atoms with Crippen molar-refractivity contribution in [3.63, 3.8) is 0 Å². The van der Waals surface area contributed by atoms with Gasteiger partial charge in [0.05, 0.1) is 7.11 Å². The van der Waals surface area contributed by atoms with E-state index in [9.17, 15) is 9.59 Å². The fourth-order valence-electron chi connectivity index (χ4n) is 1.91. The summed E-state index contributed by atoms with van der Waals surface area (Å²) in [7, 11) is 1.62. The Morgan fingerprint density at radius 2 is 1.86 bits per heavy atom. The molecule has 0 aliphatic rings. The summed E-state index contributed by atoms with van der Waals surface area (Å²) in [6, 6.07) is 11.6. The monoisotopic (exact) mass is 285 g/mol. The van der Waals surface area contributed by atoms with E-state index in [0.717, 1.165) is 34.2 Å². The highest BCUT2D eigenvalue weighted by atomic mass is 16.5. The molecule has 2 aromatic carbocycles. The highest BCUT2D eigenvalue weighted by molar-refractivity contribution is 5.93. The quantitative estimate of drug-likeness (QED) is 0.825. The molecule has 5 nitrogen and oxygen atoms in total. The van der Waals surface area contributed by atoms with Crippen molar-refractivity contribution >= 4 is 22.6 Å². The maximum atomic E-state index is 11.4. The van der Waals surface area contributed by atoms with Crippen molar-refractivity contribution in [1.82, 2.24) is 5.32 Å². The predicted molar refractivity (Wildman–Crippen MR) is 79.1 cm³/mol. The van der Waals surface area contributed by atoms with Crippen LogP contribution in [0.15, 0.2) is 48.6 Å². The topological polar surface area (TPSA) is 75.6 Å². The predicted octanol–water partition coefficient (Wildman–Crippen LogP) is 2.11. The molecule has 0 saturated heterocycles. The minimum absolute atomic E-state index is 0.338. The molecule has 2 N–H and O–H groups in total. The molecular formula is C16H15NO4. The second-order valence-electron chi connectivity index (χ2n) is 4.44. The van der Waals surface area contributed by atoms with Gasteiger partial charge in [-0.1, -0.05) is 18.2 Å². The van der Waals surface area contributed by atoms with E-state index >= 15 is 0 Å². The first-order valence-electron chi connectivity index (χ1n) is 6.34. The van der Waals surface area contributed by atoms with Crippen molar-refractivity contribution < 1.29 is 19.4 Å². The van der Waals surface area contributed by atoms with E-state index < -0.39 is 11.9 Å². The van der Waals surface area contributed by atoms with Crippen LogP contribution in [0.4, 0.5) is 0 Å². The van der Waals surface area contributed by atoms with Crippen molar-refractivity contribution in [2.24, 2.45) is 0 Å². The molecule has 1 amide bonds. The Morgan fingerprint density at radius 1 is 1.14 bits per heavy atom. The lowest BCUT2D eigenvalue weighted by Crippen LogP contribution is -2.20. The third-order valence-corrected chi connectivity index (χ3v) is 2.96. The summed E-state index contributed by atoms with van der Waals surface area (Å²) in [6.45, 7) is 0.338.